The molecular weight excluding hydrogens is 396 g/mol. The molecule has 1 N–H and O–H groups in total. The van der Waals surface area contributed by atoms with Crippen LogP contribution in [0.15, 0.2) is 24.3 Å². The molecule has 0 bridgehead atoms. The van der Waals surface area contributed by atoms with Crippen molar-refractivity contribution in [2.75, 3.05) is 86.4 Å². The van der Waals surface area contributed by atoms with Gasteiger partial charge in [0.15, 0.2) is 0 Å². The molecule has 9 heteroatoms. The lowest BCUT2D eigenvalue weighted by Gasteiger charge is -2.09. The van der Waals surface area contributed by atoms with Crippen LogP contribution in [0.3, 0.4) is 0 Å². The third-order valence-electron chi connectivity index (χ3n) is 3.69. The van der Waals surface area contributed by atoms with Crippen LogP contribution in [0, 0.1) is 0 Å². The van der Waals surface area contributed by atoms with E-state index >= 15 is 0 Å². The highest BCUT2D eigenvalue weighted by Crippen LogP contribution is 2.12. The van der Waals surface area contributed by atoms with Gasteiger partial charge in [0.25, 0.3) is 0 Å². The van der Waals surface area contributed by atoms with Crippen molar-refractivity contribution in [1.29, 1.82) is 0 Å². The Kier molecular flexibility index (Phi) is 16.8. The van der Waals surface area contributed by atoms with Gasteiger partial charge in [-0.2, -0.15) is 0 Å². The van der Waals surface area contributed by atoms with Crippen molar-refractivity contribution in [2.24, 2.45) is 0 Å². The molecule has 9 nitrogen and oxygen atoms in total. The summed E-state index contributed by atoms with van der Waals surface area (Å²) < 4.78 is 37.3. The van der Waals surface area contributed by atoms with Crippen LogP contribution in [0.5, 0.6) is 5.75 Å². The van der Waals surface area contributed by atoms with Gasteiger partial charge < -0.3 is 38.3 Å². The molecule has 172 valence electrons. The maximum atomic E-state index is 10.6. The summed E-state index contributed by atoms with van der Waals surface area (Å²) in [6.07, 6.45) is 0.00727. The summed E-state index contributed by atoms with van der Waals surface area (Å²) in [5, 5.41) is 8.73. The quantitative estimate of drug-likeness (QED) is 0.290. The van der Waals surface area contributed by atoms with Gasteiger partial charge >= 0.3 is 5.97 Å². The van der Waals surface area contributed by atoms with E-state index in [0.29, 0.717) is 85.0 Å². The molecule has 1 aromatic carbocycles. The monoisotopic (exact) mass is 430 g/mol. The zero-order chi connectivity index (χ0) is 21.7. The van der Waals surface area contributed by atoms with Gasteiger partial charge in [-0.25, -0.2) is 0 Å². The Morgan fingerprint density at radius 3 is 1.47 bits per heavy atom. The molecule has 0 aliphatic rings. The summed E-state index contributed by atoms with van der Waals surface area (Å²) >= 11 is 0. The molecule has 0 saturated carbocycles. The molecule has 0 atom stereocenters. The molecule has 0 radical (unpaired) electrons. The van der Waals surface area contributed by atoms with Crippen molar-refractivity contribution in [3.63, 3.8) is 0 Å². The summed E-state index contributed by atoms with van der Waals surface area (Å²) in [7, 11) is 1.64. The summed E-state index contributed by atoms with van der Waals surface area (Å²) in [5.41, 5.74) is 0.739. The SMILES string of the molecule is COCCOCCOCCOCCOCCOCCOc1ccc(CC(=O)O)cc1. The van der Waals surface area contributed by atoms with Crippen LogP contribution in [0.4, 0.5) is 0 Å². The highest BCUT2D eigenvalue weighted by molar-refractivity contribution is 5.70. The molecule has 0 unspecified atom stereocenters. The first-order chi connectivity index (χ1) is 14.7. The van der Waals surface area contributed by atoms with E-state index in [9.17, 15) is 4.79 Å². The molecule has 0 aromatic heterocycles. The van der Waals surface area contributed by atoms with Crippen molar-refractivity contribution in [2.45, 2.75) is 6.42 Å². The van der Waals surface area contributed by atoms with Gasteiger partial charge in [-0.05, 0) is 17.7 Å². The van der Waals surface area contributed by atoms with E-state index in [2.05, 4.69) is 0 Å². The largest absolute Gasteiger partial charge is 0.491 e. The zero-order valence-corrected chi connectivity index (χ0v) is 17.7. The van der Waals surface area contributed by atoms with Crippen LogP contribution in [0.1, 0.15) is 5.56 Å². The lowest BCUT2D eigenvalue weighted by atomic mass is 10.1. The topological polar surface area (TPSA) is 102 Å². The Balaban J connectivity index is 1.79. The van der Waals surface area contributed by atoms with Crippen LogP contribution in [-0.4, -0.2) is 97.5 Å². The second kappa shape index (κ2) is 19.2. The number of benzene rings is 1. The number of hydrogen-bond acceptors (Lipinski definition) is 8. The number of carbonyl (C=O) groups is 1. The normalized spacial score (nSPS) is 11.0. The fourth-order valence-corrected chi connectivity index (χ4v) is 2.22. The summed E-state index contributed by atoms with van der Waals surface area (Å²) in [6, 6.07) is 6.99. The van der Waals surface area contributed by atoms with Crippen LogP contribution < -0.4 is 4.74 Å². The van der Waals surface area contributed by atoms with Gasteiger partial charge in [-0.1, -0.05) is 12.1 Å². The van der Waals surface area contributed by atoms with Crippen molar-refractivity contribution < 1.29 is 43.1 Å². The Morgan fingerprint density at radius 1 is 0.667 bits per heavy atom. The number of rotatable bonds is 21. The van der Waals surface area contributed by atoms with Gasteiger partial charge in [0, 0.05) is 7.11 Å². The minimum absolute atomic E-state index is 0.00727. The second-order valence-corrected chi connectivity index (χ2v) is 6.12. The van der Waals surface area contributed by atoms with Gasteiger partial charge in [0.1, 0.15) is 12.4 Å². The molecule has 1 aromatic rings. The van der Waals surface area contributed by atoms with E-state index in [4.69, 9.17) is 38.3 Å². The average Bonchev–Trinajstić information content (AvgIpc) is 2.73. The predicted molar refractivity (Wildman–Crippen MR) is 109 cm³/mol. The lowest BCUT2D eigenvalue weighted by molar-refractivity contribution is -0.136. The molecule has 1 rings (SSSR count). The van der Waals surface area contributed by atoms with Crippen molar-refractivity contribution in [1.82, 2.24) is 0 Å². The predicted octanol–water partition coefficient (Wildman–Crippen LogP) is 1.42. The van der Waals surface area contributed by atoms with Crippen molar-refractivity contribution >= 4 is 5.97 Å². The molecular formula is C21H34O9. The summed E-state index contributed by atoms with van der Waals surface area (Å²) in [5.74, 6) is -0.167. The van der Waals surface area contributed by atoms with Crippen LogP contribution in [0.25, 0.3) is 0 Å². The second-order valence-electron chi connectivity index (χ2n) is 6.12. The van der Waals surface area contributed by atoms with Gasteiger partial charge in [0.05, 0.1) is 79.1 Å². The van der Waals surface area contributed by atoms with E-state index in [1.54, 1.807) is 31.4 Å². The minimum Gasteiger partial charge on any atom is -0.491 e. The maximum Gasteiger partial charge on any atom is 0.307 e. The maximum absolute atomic E-state index is 10.6. The number of carboxylic acid groups (broad SMARTS) is 1. The molecule has 0 amide bonds. The highest BCUT2D eigenvalue weighted by Gasteiger charge is 2.01. The number of methoxy groups -OCH3 is 1. The number of ether oxygens (including phenoxy) is 7. The molecule has 0 heterocycles. The van der Waals surface area contributed by atoms with E-state index in [1.165, 1.54) is 0 Å². The Hall–Kier alpha value is -1.75. The zero-order valence-electron chi connectivity index (χ0n) is 17.7. The van der Waals surface area contributed by atoms with Crippen LogP contribution >= 0.6 is 0 Å². The van der Waals surface area contributed by atoms with Crippen molar-refractivity contribution in [3.05, 3.63) is 29.8 Å². The van der Waals surface area contributed by atoms with E-state index < -0.39 is 5.97 Å². The Bertz CT molecular complexity index is 522. The van der Waals surface area contributed by atoms with Gasteiger partial charge in [-0.15, -0.1) is 0 Å². The number of hydrogen-bond donors (Lipinski definition) is 1. The Morgan fingerprint density at radius 2 is 1.07 bits per heavy atom. The standard InChI is InChI=1S/C21H34O9/c1-24-6-7-25-8-9-26-10-11-27-12-13-28-14-15-29-16-17-30-20-4-2-19(3-5-20)18-21(22)23/h2-5H,6-18H2,1H3,(H,22,23). The smallest absolute Gasteiger partial charge is 0.307 e. The summed E-state index contributed by atoms with van der Waals surface area (Å²) in [6.45, 7) is 6.15. The average molecular weight is 430 g/mol. The van der Waals surface area contributed by atoms with Crippen LogP contribution in [-0.2, 0) is 39.6 Å². The first-order valence-corrected chi connectivity index (χ1v) is 10.0. The van der Waals surface area contributed by atoms with Crippen molar-refractivity contribution in [3.8, 4) is 5.75 Å². The highest BCUT2D eigenvalue weighted by atomic mass is 16.6. The number of aliphatic carboxylic acids is 1. The summed E-state index contributed by atoms with van der Waals surface area (Å²) in [4.78, 5) is 10.6. The Labute approximate surface area is 178 Å². The molecule has 30 heavy (non-hydrogen) atoms. The molecule has 0 aliphatic heterocycles. The van der Waals surface area contributed by atoms with E-state index in [0.717, 1.165) is 5.56 Å². The fourth-order valence-electron chi connectivity index (χ4n) is 2.22. The van der Waals surface area contributed by atoms with Gasteiger partial charge in [-0.3, -0.25) is 4.79 Å². The first-order valence-electron chi connectivity index (χ1n) is 10.0. The third kappa shape index (κ3) is 16.1. The van der Waals surface area contributed by atoms with Crippen LogP contribution in [0.2, 0.25) is 0 Å². The first kappa shape index (κ1) is 26.3. The lowest BCUT2D eigenvalue weighted by Crippen LogP contribution is -2.14. The van der Waals surface area contributed by atoms with E-state index in [-0.39, 0.29) is 6.42 Å². The third-order valence-corrected chi connectivity index (χ3v) is 3.69. The minimum atomic E-state index is -0.851. The fraction of sp³-hybridized carbons (Fsp3) is 0.667. The van der Waals surface area contributed by atoms with E-state index in [1.807, 2.05) is 0 Å². The molecule has 0 saturated heterocycles. The molecule has 0 spiro atoms. The molecule has 0 aliphatic carbocycles. The van der Waals surface area contributed by atoms with Gasteiger partial charge in [0.2, 0.25) is 0 Å². The molecule has 0 fully saturated rings. The number of carboxylic acids is 1.